The fourth-order valence-corrected chi connectivity index (χ4v) is 0.0619. The van der Waals surface area contributed by atoms with E-state index in [0.29, 0.717) is 7.18 Å². The molecule has 0 saturated heterocycles. The molecule has 0 aromatic heterocycles. The lowest BCUT2D eigenvalue weighted by molar-refractivity contribution is -0.245. The van der Waals surface area contributed by atoms with Crippen LogP contribution in [0.3, 0.4) is 0 Å². The second kappa shape index (κ2) is 50.1. The van der Waals surface area contributed by atoms with Gasteiger partial charge in [-0.1, -0.05) is 0 Å². The molecule has 0 spiro atoms. The Balaban J connectivity index is -0.0000000373. The molecular formula is C8H16F12O2. The van der Waals surface area contributed by atoms with E-state index in [1.54, 1.807) is 0 Å². The van der Waals surface area contributed by atoms with Crippen molar-refractivity contribution in [2.45, 2.75) is 13.1 Å². The Morgan fingerprint density at radius 2 is 0.909 bits per heavy atom. The van der Waals surface area contributed by atoms with Crippen molar-refractivity contribution in [2.24, 2.45) is 0 Å². The van der Waals surface area contributed by atoms with E-state index in [9.17, 15) is 53.0 Å². The minimum Gasteiger partial charge on any atom is -0.255 e. The molecule has 22 heavy (non-hydrogen) atoms. The molecule has 0 heterocycles. The summed E-state index contributed by atoms with van der Waals surface area (Å²) in [4.78, 5) is 4.66. The zero-order valence-corrected chi connectivity index (χ0v) is 11.4. The molecule has 0 aliphatic heterocycles. The molecular weight excluding hydrogens is 356 g/mol. The number of alkyl halides is 10. The standard InChI is InChI=1S/C2H2F4O.C2H5F.CH2F2O.2CH2F2.CH3F/c3-2(4,5)1-7-6;1-2-3;2-1-4-3;2*2-1-3;1-2/h1H2;2H2,1H3;1H2;2*1H2;1H3. The normalized spacial score (nSPS) is 7.91. The van der Waals surface area contributed by atoms with Crippen LogP contribution in [-0.2, 0) is 9.88 Å². The lowest BCUT2D eigenvalue weighted by Crippen LogP contribution is -2.13. The van der Waals surface area contributed by atoms with Gasteiger partial charge in [-0.05, 0) is 16.0 Å². The molecule has 0 saturated carbocycles. The molecule has 0 aromatic carbocycles. The van der Waals surface area contributed by atoms with Gasteiger partial charge in [0.2, 0.25) is 20.7 Å². The Bertz CT molecular complexity index is 109. The number of rotatable bonds is 2. The van der Waals surface area contributed by atoms with Gasteiger partial charge in [-0.15, -0.1) is 0 Å². The maximum Gasteiger partial charge on any atom is 0.415 e. The van der Waals surface area contributed by atoms with Gasteiger partial charge in [-0.3, -0.25) is 8.78 Å². The first-order valence-corrected chi connectivity index (χ1v) is 4.50. The number of halogens is 12. The third-order valence-corrected chi connectivity index (χ3v) is 0.259. The fourth-order valence-electron chi connectivity index (χ4n) is 0.0619. The summed E-state index contributed by atoms with van der Waals surface area (Å²) < 4.78 is 121. The Hall–Kier alpha value is -0.920. The summed E-state index contributed by atoms with van der Waals surface area (Å²) in [7, 11) is 0.500. The fraction of sp³-hybridized carbons (Fsp3) is 1.00. The van der Waals surface area contributed by atoms with Crippen LogP contribution >= 0.6 is 0 Å². The van der Waals surface area contributed by atoms with Crippen molar-refractivity contribution < 1.29 is 62.8 Å². The van der Waals surface area contributed by atoms with Gasteiger partial charge in [0, 0.05) is 0 Å². The van der Waals surface area contributed by atoms with Gasteiger partial charge in [-0.25, -0.2) is 22.0 Å². The molecule has 0 aliphatic rings. The molecule has 0 rings (SSSR count). The molecule has 0 amide bonds. The number of hydrogen-bond acceptors (Lipinski definition) is 2. The molecule has 0 unspecified atom stereocenters. The average Bonchev–Trinajstić information content (AvgIpc) is 2.43. The van der Waals surface area contributed by atoms with Gasteiger partial charge >= 0.3 is 6.18 Å². The van der Waals surface area contributed by atoms with Crippen molar-refractivity contribution in [3.05, 3.63) is 0 Å². The second-order valence-electron chi connectivity index (χ2n) is 1.56. The lowest BCUT2D eigenvalue weighted by atomic mass is 10.7. The Morgan fingerprint density at radius 1 is 0.727 bits per heavy atom. The third-order valence-electron chi connectivity index (χ3n) is 0.259. The largest absolute Gasteiger partial charge is 0.415 e. The van der Waals surface area contributed by atoms with Crippen molar-refractivity contribution >= 4 is 0 Å². The molecule has 0 aliphatic carbocycles. The van der Waals surface area contributed by atoms with Crippen LogP contribution in [0.5, 0.6) is 0 Å². The highest BCUT2D eigenvalue weighted by molar-refractivity contribution is 4.40. The highest BCUT2D eigenvalue weighted by atomic mass is 19.4. The van der Waals surface area contributed by atoms with E-state index < -0.39 is 33.5 Å². The molecule has 0 radical (unpaired) electrons. The van der Waals surface area contributed by atoms with Crippen molar-refractivity contribution in [3.63, 3.8) is 0 Å². The molecule has 0 N–H and O–H groups in total. The molecule has 0 fully saturated rings. The summed E-state index contributed by atoms with van der Waals surface area (Å²) in [6.45, 7) is -5.47. The molecule has 0 aromatic rings. The molecule has 0 atom stereocenters. The van der Waals surface area contributed by atoms with Crippen molar-refractivity contribution in [1.29, 1.82) is 0 Å². The third kappa shape index (κ3) is 375. The number of hydrogen-bond donors (Lipinski definition) is 0. The van der Waals surface area contributed by atoms with Crippen LogP contribution in [0.2, 0.25) is 0 Å². The van der Waals surface area contributed by atoms with Gasteiger partial charge in [0.15, 0.2) is 6.61 Å². The zero-order valence-electron chi connectivity index (χ0n) is 11.4. The van der Waals surface area contributed by atoms with Crippen molar-refractivity contribution in [1.82, 2.24) is 0 Å². The quantitative estimate of drug-likeness (QED) is 0.588. The van der Waals surface area contributed by atoms with Gasteiger partial charge in [-0.2, -0.15) is 23.1 Å². The maximum absolute atomic E-state index is 10.7. The molecule has 144 valence electrons. The van der Waals surface area contributed by atoms with E-state index in [0.717, 1.165) is 0 Å². The van der Waals surface area contributed by atoms with Crippen LogP contribution in [0.25, 0.3) is 0 Å². The molecule has 2 nitrogen and oxygen atoms in total. The Labute approximate surface area is 118 Å². The van der Waals surface area contributed by atoms with E-state index in [2.05, 4.69) is 9.88 Å². The average molecular weight is 372 g/mol. The van der Waals surface area contributed by atoms with Crippen LogP contribution in [0, 0.1) is 0 Å². The van der Waals surface area contributed by atoms with Crippen LogP contribution in [0.1, 0.15) is 6.92 Å². The highest BCUT2D eigenvalue weighted by Crippen LogP contribution is 2.13. The van der Waals surface area contributed by atoms with Gasteiger partial charge in [0.05, 0.1) is 13.9 Å². The topological polar surface area (TPSA) is 18.5 Å². The first kappa shape index (κ1) is 37.4. The lowest BCUT2D eigenvalue weighted by Gasteiger charge is -1.97. The second-order valence-corrected chi connectivity index (χ2v) is 1.56. The molecule has 14 heteroatoms. The van der Waals surface area contributed by atoms with E-state index in [-0.39, 0.29) is 6.67 Å². The first-order chi connectivity index (χ1) is 10.2. The molecule has 0 bridgehead atoms. The van der Waals surface area contributed by atoms with E-state index in [1.165, 1.54) is 6.92 Å². The first-order valence-electron chi connectivity index (χ1n) is 4.50. The van der Waals surface area contributed by atoms with E-state index in [4.69, 9.17) is 0 Å². The summed E-state index contributed by atoms with van der Waals surface area (Å²) in [6.07, 6.45) is -4.55. The zero-order chi connectivity index (χ0) is 19.4. The Morgan fingerprint density at radius 3 is 0.909 bits per heavy atom. The summed E-state index contributed by atoms with van der Waals surface area (Å²) in [5.74, 6) is 0. The van der Waals surface area contributed by atoms with E-state index >= 15 is 0 Å². The monoisotopic (exact) mass is 372 g/mol. The van der Waals surface area contributed by atoms with Crippen LogP contribution in [0.15, 0.2) is 0 Å². The summed E-state index contributed by atoms with van der Waals surface area (Å²) in [5, 5.41) is 0. The van der Waals surface area contributed by atoms with Gasteiger partial charge in [0.25, 0.3) is 0 Å². The highest BCUT2D eigenvalue weighted by Gasteiger charge is 2.27. The minimum atomic E-state index is -4.55. The van der Waals surface area contributed by atoms with Gasteiger partial charge in [0.1, 0.15) is 0 Å². The van der Waals surface area contributed by atoms with Gasteiger partial charge < -0.3 is 0 Å². The van der Waals surface area contributed by atoms with Crippen LogP contribution < -0.4 is 0 Å². The SMILES string of the molecule is CCF.CF.FCF.FCF.FCOF.FOCC(F)(F)F. The summed E-state index contributed by atoms with van der Waals surface area (Å²) in [6, 6.07) is 0. The maximum atomic E-state index is 10.7. The smallest absolute Gasteiger partial charge is 0.255 e. The Kier molecular flexibility index (Phi) is 85.1. The summed E-state index contributed by atoms with van der Waals surface area (Å²) >= 11 is 0. The minimum absolute atomic E-state index is 0.250. The predicted octanol–water partition coefficient (Wildman–Crippen LogP) is 5.59. The summed E-state index contributed by atoms with van der Waals surface area (Å²) in [5.41, 5.74) is 0. The van der Waals surface area contributed by atoms with E-state index in [1.807, 2.05) is 0 Å². The van der Waals surface area contributed by atoms with Crippen molar-refractivity contribution in [2.75, 3.05) is 41.2 Å². The van der Waals surface area contributed by atoms with Crippen molar-refractivity contribution in [3.8, 4) is 0 Å². The predicted molar refractivity (Wildman–Crippen MR) is 54.1 cm³/mol. The van der Waals surface area contributed by atoms with Crippen LogP contribution in [0.4, 0.5) is 53.0 Å². The van der Waals surface area contributed by atoms with Crippen LogP contribution in [-0.4, -0.2) is 47.4 Å².